The summed E-state index contributed by atoms with van der Waals surface area (Å²) in [7, 11) is -2.47. The molecule has 22 heavy (non-hydrogen) atoms. The largest absolute Gasteiger partial charge is 0.495 e. The van der Waals surface area contributed by atoms with E-state index >= 15 is 0 Å². The molecule has 0 aromatic heterocycles. The molecule has 1 aromatic carbocycles. The molecule has 4 N–H and O–H groups in total. The number of hydrogen-bond acceptors (Lipinski definition) is 4. The van der Waals surface area contributed by atoms with Crippen LogP contribution in [0, 0.1) is 0 Å². The molecular weight excluding hydrogens is 306 g/mol. The third kappa shape index (κ3) is 5.90. The fraction of sp³-hybridized carbons (Fsp3) is 0.500. The first-order chi connectivity index (χ1) is 10.4. The molecule has 0 atom stereocenters. The predicted molar refractivity (Wildman–Crippen MR) is 84.4 cm³/mol. The summed E-state index contributed by atoms with van der Waals surface area (Å²) in [6, 6.07) is 4.53. The Morgan fingerprint density at radius 1 is 1.27 bits per heavy atom. The Morgan fingerprint density at radius 3 is 2.55 bits per heavy atom. The summed E-state index contributed by atoms with van der Waals surface area (Å²) in [5.74, 6) is 0.205. The summed E-state index contributed by atoms with van der Waals surface area (Å²) in [6.45, 7) is 3.08. The topological polar surface area (TPSA) is 111 Å². The molecule has 0 bridgehead atoms. The van der Waals surface area contributed by atoms with Gasteiger partial charge in [-0.3, -0.25) is 0 Å². The average Bonchev–Trinajstić information content (AvgIpc) is 2.46. The lowest BCUT2D eigenvalue weighted by Gasteiger charge is -2.10. The van der Waals surface area contributed by atoms with Crippen LogP contribution in [0.1, 0.15) is 25.3 Å². The normalized spacial score (nSPS) is 11.0. The van der Waals surface area contributed by atoms with E-state index < -0.39 is 10.0 Å². The Morgan fingerprint density at radius 2 is 1.95 bits per heavy atom. The Balaban J connectivity index is 2.59. The minimum Gasteiger partial charge on any atom is -0.495 e. The molecule has 1 rings (SSSR count). The number of benzene rings is 1. The summed E-state index contributed by atoms with van der Waals surface area (Å²) in [4.78, 5) is 11.4. The number of carbonyl (C=O) groups is 1. The van der Waals surface area contributed by atoms with Crippen LogP contribution in [0.3, 0.4) is 0 Å². The van der Waals surface area contributed by atoms with Crippen LogP contribution in [0.2, 0.25) is 0 Å². The Hall–Kier alpha value is -1.80. The van der Waals surface area contributed by atoms with Gasteiger partial charge in [0.15, 0.2) is 0 Å². The highest BCUT2D eigenvalue weighted by Crippen LogP contribution is 2.23. The van der Waals surface area contributed by atoms with Crippen molar-refractivity contribution < 1.29 is 17.9 Å². The van der Waals surface area contributed by atoms with Crippen molar-refractivity contribution in [2.24, 2.45) is 5.14 Å². The average molecular weight is 329 g/mol. The molecule has 0 aliphatic carbocycles. The van der Waals surface area contributed by atoms with Crippen molar-refractivity contribution in [3.63, 3.8) is 0 Å². The van der Waals surface area contributed by atoms with Crippen LogP contribution >= 0.6 is 0 Å². The monoisotopic (exact) mass is 329 g/mol. The van der Waals surface area contributed by atoms with E-state index in [2.05, 4.69) is 10.6 Å². The van der Waals surface area contributed by atoms with Gasteiger partial charge in [0.05, 0.1) is 7.11 Å². The van der Waals surface area contributed by atoms with Gasteiger partial charge in [-0.05, 0) is 30.5 Å². The van der Waals surface area contributed by atoms with Crippen molar-refractivity contribution in [2.75, 3.05) is 20.2 Å². The first-order valence-corrected chi connectivity index (χ1v) is 8.64. The van der Waals surface area contributed by atoms with Crippen molar-refractivity contribution in [1.29, 1.82) is 0 Å². The number of primary sulfonamides is 1. The lowest BCUT2D eigenvalue weighted by molar-refractivity contribution is 0.241. The molecule has 0 spiro atoms. The number of amides is 2. The van der Waals surface area contributed by atoms with Gasteiger partial charge in [-0.1, -0.05) is 19.4 Å². The van der Waals surface area contributed by atoms with Crippen LogP contribution in [-0.4, -0.2) is 34.6 Å². The number of rotatable bonds is 8. The van der Waals surface area contributed by atoms with Gasteiger partial charge in [0.25, 0.3) is 0 Å². The van der Waals surface area contributed by atoms with E-state index in [-0.39, 0.29) is 16.7 Å². The number of ether oxygens (including phenoxy) is 1. The van der Waals surface area contributed by atoms with E-state index in [1.165, 1.54) is 13.2 Å². The summed E-state index contributed by atoms with van der Waals surface area (Å²) in [6.07, 6.45) is 2.44. The van der Waals surface area contributed by atoms with E-state index in [0.29, 0.717) is 19.5 Å². The van der Waals surface area contributed by atoms with Crippen LogP contribution in [-0.2, 0) is 16.4 Å². The van der Waals surface area contributed by atoms with Gasteiger partial charge in [-0.25, -0.2) is 18.4 Å². The molecule has 1 aromatic rings. The van der Waals surface area contributed by atoms with Crippen LogP contribution in [0.5, 0.6) is 5.75 Å². The Labute approximate surface area is 131 Å². The molecule has 0 unspecified atom stereocenters. The molecule has 0 heterocycles. The standard InChI is InChI=1S/C14H23N3O4S/c1-3-4-8-16-14(18)17-9-7-11-5-6-12(21-2)13(10-11)22(15,19)20/h5-6,10H,3-4,7-9H2,1-2H3,(H2,15,19,20)(H2,16,17,18). The second-order valence-corrected chi connectivity index (χ2v) is 6.35. The van der Waals surface area contributed by atoms with E-state index in [9.17, 15) is 13.2 Å². The van der Waals surface area contributed by atoms with Gasteiger partial charge in [-0.2, -0.15) is 0 Å². The van der Waals surface area contributed by atoms with Gasteiger partial charge < -0.3 is 15.4 Å². The number of urea groups is 1. The molecule has 0 saturated heterocycles. The highest BCUT2D eigenvalue weighted by atomic mass is 32.2. The fourth-order valence-electron chi connectivity index (χ4n) is 1.86. The van der Waals surface area contributed by atoms with Gasteiger partial charge in [0.2, 0.25) is 10.0 Å². The highest BCUT2D eigenvalue weighted by Gasteiger charge is 2.15. The number of methoxy groups -OCH3 is 1. The SMILES string of the molecule is CCCCNC(=O)NCCc1ccc(OC)c(S(N)(=O)=O)c1. The number of carbonyl (C=O) groups excluding carboxylic acids is 1. The number of unbranched alkanes of at least 4 members (excludes halogenated alkanes) is 1. The number of hydrogen-bond donors (Lipinski definition) is 3. The number of nitrogens with two attached hydrogens (primary N) is 1. The molecule has 2 amide bonds. The molecule has 0 saturated carbocycles. The van der Waals surface area contributed by atoms with E-state index in [1.807, 2.05) is 6.92 Å². The third-order valence-corrected chi connectivity index (χ3v) is 3.98. The van der Waals surface area contributed by atoms with Crippen molar-refractivity contribution in [3.05, 3.63) is 23.8 Å². The van der Waals surface area contributed by atoms with Gasteiger partial charge >= 0.3 is 6.03 Å². The smallest absolute Gasteiger partial charge is 0.314 e. The molecule has 0 aliphatic heterocycles. The Kier molecular flexibility index (Phi) is 7.13. The van der Waals surface area contributed by atoms with Crippen LogP contribution in [0.25, 0.3) is 0 Å². The van der Waals surface area contributed by atoms with Crippen molar-refractivity contribution in [3.8, 4) is 5.75 Å². The Bertz CT molecular complexity index is 602. The van der Waals surface area contributed by atoms with Crippen molar-refractivity contribution in [1.82, 2.24) is 10.6 Å². The molecule has 124 valence electrons. The number of nitrogens with one attached hydrogen (secondary N) is 2. The minimum absolute atomic E-state index is 0.0557. The molecule has 0 aliphatic rings. The van der Waals surface area contributed by atoms with Crippen molar-refractivity contribution in [2.45, 2.75) is 31.1 Å². The summed E-state index contributed by atoms with van der Waals surface area (Å²) < 4.78 is 28.0. The number of sulfonamides is 1. The second-order valence-electron chi connectivity index (χ2n) is 4.82. The predicted octanol–water partition coefficient (Wildman–Crippen LogP) is 0.984. The van der Waals surface area contributed by atoms with Gasteiger partial charge in [0.1, 0.15) is 10.6 Å². The molecular formula is C14H23N3O4S. The molecule has 8 heteroatoms. The maximum Gasteiger partial charge on any atom is 0.314 e. The van der Waals surface area contributed by atoms with Crippen LogP contribution < -0.4 is 20.5 Å². The maximum atomic E-state index is 11.5. The van der Waals surface area contributed by atoms with Crippen molar-refractivity contribution >= 4 is 16.1 Å². The second kappa shape index (κ2) is 8.60. The lowest BCUT2D eigenvalue weighted by atomic mass is 10.1. The third-order valence-electron chi connectivity index (χ3n) is 3.05. The quantitative estimate of drug-likeness (QED) is 0.617. The van der Waals surface area contributed by atoms with Crippen LogP contribution in [0.4, 0.5) is 4.79 Å². The van der Waals surface area contributed by atoms with Gasteiger partial charge in [0, 0.05) is 13.1 Å². The molecule has 7 nitrogen and oxygen atoms in total. The van der Waals surface area contributed by atoms with Crippen LogP contribution in [0.15, 0.2) is 23.1 Å². The minimum atomic E-state index is -3.85. The zero-order chi connectivity index (χ0) is 16.6. The molecule has 0 fully saturated rings. The first-order valence-electron chi connectivity index (χ1n) is 7.10. The lowest BCUT2D eigenvalue weighted by Crippen LogP contribution is -2.37. The van der Waals surface area contributed by atoms with E-state index in [1.54, 1.807) is 12.1 Å². The summed E-state index contributed by atoms with van der Waals surface area (Å²) >= 11 is 0. The van der Waals surface area contributed by atoms with E-state index in [0.717, 1.165) is 18.4 Å². The van der Waals surface area contributed by atoms with E-state index in [4.69, 9.17) is 9.88 Å². The fourth-order valence-corrected chi connectivity index (χ4v) is 2.61. The zero-order valence-electron chi connectivity index (χ0n) is 12.9. The summed E-state index contributed by atoms with van der Waals surface area (Å²) in [5.41, 5.74) is 0.749. The van der Waals surface area contributed by atoms with Gasteiger partial charge in [-0.15, -0.1) is 0 Å². The maximum absolute atomic E-state index is 11.5. The first kappa shape index (κ1) is 18.2. The highest BCUT2D eigenvalue weighted by molar-refractivity contribution is 7.89. The summed E-state index contributed by atoms with van der Waals surface area (Å²) in [5, 5.41) is 10.6. The molecule has 0 radical (unpaired) electrons. The zero-order valence-corrected chi connectivity index (χ0v) is 13.7.